The molecule has 4 heteroatoms. The summed E-state index contributed by atoms with van der Waals surface area (Å²) in [6.45, 7) is 5.83. The van der Waals surface area contributed by atoms with Gasteiger partial charge in [-0.25, -0.2) is 0 Å². The Hall–Kier alpha value is -1.26. The van der Waals surface area contributed by atoms with Crippen molar-refractivity contribution < 1.29 is 0 Å². The van der Waals surface area contributed by atoms with Crippen LogP contribution in [0.15, 0.2) is 23.3 Å². The molecule has 3 rings (SSSR count). The van der Waals surface area contributed by atoms with Crippen molar-refractivity contribution in [3.63, 3.8) is 0 Å². The second-order valence-corrected chi connectivity index (χ2v) is 6.17. The number of nitrogens with zero attached hydrogens (tertiary/aromatic N) is 3. The molecule has 0 atom stereocenters. The molecule has 0 spiro atoms. The van der Waals surface area contributed by atoms with Crippen LogP contribution in [0.25, 0.3) is 0 Å². The average molecular weight is 286 g/mol. The summed E-state index contributed by atoms with van der Waals surface area (Å²) >= 11 is 0. The largest absolute Gasteiger partial charge is 0.311 e. The number of unbranched alkanes of at least 4 members (excludes halogenated alkanes) is 1. The molecule has 0 amide bonds. The van der Waals surface area contributed by atoms with E-state index in [1.54, 1.807) is 0 Å². The fourth-order valence-corrected chi connectivity index (χ4v) is 2.50. The van der Waals surface area contributed by atoms with Crippen LogP contribution in [0.4, 0.5) is 0 Å². The Kier molecular flexibility index (Phi) is 5.35. The average Bonchev–Trinajstić information content (AvgIpc) is 3.27. The van der Waals surface area contributed by atoms with Crippen molar-refractivity contribution in [3.05, 3.63) is 29.6 Å². The number of aromatic nitrogens is 1. The lowest BCUT2D eigenvalue weighted by Crippen LogP contribution is -2.37. The van der Waals surface area contributed by atoms with Crippen molar-refractivity contribution in [1.82, 2.24) is 15.2 Å². The topological polar surface area (TPSA) is 40.5 Å². The molecule has 0 aromatic carbocycles. The molecule has 0 radical (unpaired) electrons. The summed E-state index contributed by atoms with van der Waals surface area (Å²) in [6.07, 6.45) is 10.3. The number of likely N-dealkylation sites (tertiary alicyclic amines) is 1. The van der Waals surface area contributed by atoms with Gasteiger partial charge in [-0.1, -0.05) is 0 Å². The zero-order chi connectivity index (χ0) is 14.3. The molecule has 1 aromatic rings. The van der Waals surface area contributed by atoms with E-state index < -0.39 is 0 Å². The maximum absolute atomic E-state index is 4.52. The number of hydrogen-bond donors (Lipinski definition) is 1. The van der Waals surface area contributed by atoms with Gasteiger partial charge < -0.3 is 10.2 Å². The summed E-state index contributed by atoms with van der Waals surface area (Å²) < 4.78 is 0. The lowest BCUT2D eigenvalue weighted by Gasteiger charge is -2.30. The van der Waals surface area contributed by atoms with Crippen LogP contribution in [0.3, 0.4) is 0 Å². The van der Waals surface area contributed by atoms with E-state index in [-0.39, 0.29) is 0 Å². The Balaban J connectivity index is 1.31. The maximum Gasteiger partial charge on any atom is 0.0548 e. The molecule has 1 aromatic heterocycles. The predicted octanol–water partition coefficient (Wildman–Crippen LogP) is 2.24. The first-order chi connectivity index (χ1) is 10.4. The number of aliphatic imine (C=N–C) groups is 1. The maximum atomic E-state index is 4.52. The SMILES string of the molecule is C(=N/C1CC1)/c1ccnc(CNCCCCN2CCC2)c1. The second kappa shape index (κ2) is 7.66. The highest BCUT2D eigenvalue weighted by Gasteiger charge is 2.18. The van der Waals surface area contributed by atoms with Crippen LogP contribution in [0, 0.1) is 0 Å². The highest BCUT2D eigenvalue weighted by molar-refractivity contribution is 5.79. The van der Waals surface area contributed by atoms with Crippen LogP contribution in [-0.2, 0) is 6.54 Å². The third-order valence-electron chi connectivity index (χ3n) is 4.15. The van der Waals surface area contributed by atoms with Crippen molar-refractivity contribution in [1.29, 1.82) is 0 Å². The van der Waals surface area contributed by atoms with Crippen LogP contribution in [0.2, 0.25) is 0 Å². The molecule has 0 bridgehead atoms. The fourth-order valence-electron chi connectivity index (χ4n) is 2.50. The number of nitrogens with one attached hydrogen (secondary N) is 1. The van der Waals surface area contributed by atoms with Crippen LogP contribution in [0.1, 0.15) is 43.4 Å². The molecule has 2 heterocycles. The standard InChI is InChI=1S/C17H26N4/c1(2-9-21-10-3-11-21)7-18-14-17-12-15(6-8-19-17)13-20-16-4-5-16/h6,8,12-13,16,18H,1-5,7,9-11,14H2/b20-13-. The van der Waals surface area contributed by atoms with E-state index in [9.17, 15) is 0 Å². The third-order valence-corrected chi connectivity index (χ3v) is 4.15. The number of pyridine rings is 1. The quantitative estimate of drug-likeness (QED) is 0.559. The van der Waals surface area contributed by atoms with E-state index in [2.05, 4.69) is 26.3 Å². The van der Waals surface area contributed by atoms with Gasteiger partial charge in [0.25, 0.3) is 0 Å². The van der Waals surface area contributed by atoms with Crippen molar-refractivity contribution in [3.8, 4) is 0 Å². The summed E-state index contributed by atoms with van der Waals surface area (Å²) in [7, 11) is 0. The van der Waals surface area contributed by atoms with Gasteiger partial charge in [-0.3, -0.25) is 9.98 Å². The summed E-state index contributed by atoms with van der Waals surface area (Å²) in [5, 5.41) is 3.49. The lowest BCUT2D eigenvalue weighted by molar-refractivity contribution is 0.178. The predicted molar refractivity (Wildman–Crippen MR) is 86.9 cm³/mol. The van der Waals surface area contributed by atoms with Crippen molar-refractivity contribution in [2.45, 2.75) is 44.7 Å². The highest BCUT2D eigenvalue weighted by atomic mass is 15.2. The Morgan fingerprint density at radius 3 is 3.00 bits per heavy atom. The van der Waals surface area contributed by atoms with Crippen LogP contribution in [-0.4, -0.2) is 48.3 Å². The van der Waals surface area contributed by atoms with Crippen molar-refractivity contribution in [2.75, 3.05) is 26.2 Å². The molecule has 2 aliphatic rings. The first-order valence-corrected chi connectivity index (χ1v) is 8.31. The van der Waals surface area contributed by atoms with E-state index in [0.29, 0.717) is 6.04 Å². The molecule has 1 saturated carbocycles. The minimum absolute atomic E-state index is 0.589. The van der Waals surface area contributed by atoms with Gasteiger partial charge >= 0.3 is 0 Å². The third kappa shape index (κ3) is 5.21. The Labute approximate surface area is 127 Å². The van der Waals surface area contributed by atoms with Gasteiger partial charge in [-0.05, 0) is 76.0 Å². The summed E-state index contributed by atoms with van der Waals surface area (Å²) in [4.78, 5) is 11.5. The van der Waals surface area contributed by atoms with Gasteiger partial charge in [0.15, 0.2) is 0 Å². The van der Waals surface area contributed by atoms with E-state index >= 15 is 0 Å². The van der Waals surface area contributed by atoms with Gasteiger partial charge in [-0.2, -0.15) is 0 Å². The molecule has 1 aliphatic heterocycles. The summed E-state index contributed by atoms with van der Waals surface area (Å²) in [5.41, 5.74) is 2.28. The minimum Gasteiger partial charge on any atom is -0.311 e. The highest BCUT2D eigenvalue weighted by Crippen LogP contribution is 2.23. The van der Waals surface area contributed by atoms with Crippen LogP contribution < -0.4 is 5.32 Å². The molecule has 2 fully saturated rings. The van der Waals surface area contributed by atoms with Gasteiger partial charge in [0.1, 0.15) is 0 Å². The zero-order valence-corrected chi connectivity index (χ0v) is 12.8. The van der Waals surface area contributed by atoms with Crippen LogP contribution >= 0.6 is 0 Å². The molecule has 21 heavy (non-hydrogen) atoms. The second-order valence-electron chi connectivity index (χ2n) is 6.17. The van der Waals surface area contributed by atoms with E-state index in [4.69, 9.17) is 0 Å². The van der Waals surface area contributed by atoms with E-state index in [1.807, 2.05) is 18.5 Å². The minimum atomic E-state index is 0.589. The molecule has 4 nitrogen and oxygen atoms in total. The van der Waals surface area contributed by atoms with E-state index in [0.717, 1.165) is 18.8 Å². The Morgan fingerprint density at radius 1 is 1.33 bits per heavy atom. The molecule has 1 aliphatic carbocycles. The van der Waals surface area contributed by atoms with Gasteiger partial charge in [0.05, 0.1) is 11.7 Å². The van der Waals surface area contributed by atoms with Gasteiger partial charge in [0.2, 0.25) is 0 Å². The molecule has 1 N–H and O–H groups in total. The monoisotopic (exact) mass is 286 g/mol. The smallest absolute Gasteiger partial charge is 0.0548 e. The van der Waals surface area contributed by atoms with Crippen LogP contribution in [0.5, 0.6) is 0 Å². The molecule has 114 valence electrons. The Morgan fingerprint density at radius 2 is 2.24 bits per heavy atom. The van der Waals surface area contributed by atoms with Gasteiger partial charge in [-0.15, -0.1) is 0 Å². The van der Waals surface area contributed by atoms with Gasteiger partial charge in [0, 0.05) is 19.0 Å². The lowest BCUT2D eigenvalue weighted by atomic mass is 10.2. The normalized spacial score (nSPS) is 19.0. The Bertz CT molecular complexity index is 464. The number of rotatable bonds is 9. The molecular weight excluding hydrogens is 260 g/mol. The number of hydrogen-bond acceptors (Lipinski definition) is 4. The zero-order valence-electron chi connectivity index (χ0n) is 12.8. The first kappa shape index (κ1) is 14.7. The molecule has 0 unspecified atom stereocenters. The summed E-state index contributed by atoms with van der Waals surface area (Å²) in [5.74, 6) is 0. The first-order valence-electron chi connectivity index (χ1n) is 8.31. The van der Waals surface area contributed by atoms with Crippen molar-refractivity contribution in [2.24, 2.45) is 4.99 Å². The van der Waals surface area contributed by atoms with E-state index in [1.165, 1.54) is 57.3 Å². The molecular formula is C17H26N4. The van der Waals surface area contributed by atoms with Crippen molar-refractivity contribution >= 4 is 6.21 Å². The fraction of sp³-hybridized carbons (Fsp3) is 0.647. The molecule has 1 saturated heterocycles. The summed E-state index contributed by atoms with van der Waals surface area (Å²) in [6, 6.07) is 4.76.